The van der Waals surface area contributed by atoms with E-state index in [1.54, 1.807) is 67.4 Å². The van der Waals surface area contributed by atoms with Crippen LogP contribution in [-0.4, -0.2) is 53.0 Å². The Bertz CT molecular complexity index is 1400. The zero-order chi connectivity index (χ0) is 28.1. The highest BCUT2D eigenvalue weighted by molar-refractivity contribution is 6.30. The molecule has 9 heteroatoms. The van der Waals surface area contributed by atoms with Gasteiger partial charge in [-0.15, -0.1) is 0 Å². The summed E-state index contributed by atoms with van der Waals surface area (Å²) in [6.45, 7) is 4.16. The van der Waals surface area contributed by atoms with Crippen molar-refractivity contribution in [1.82, 2.24) is 15.1 Å². The first-order valence-corrected chi connectivity index (χ1v) is 12.9. The van der Waals surface area contributed by atoms with Gasteiger partial charge in [0.25, 0.3) is 5.91 Å². The molecule has 1 aliphatic rings. The first-order valence-electron chi connectivity index (χ1n) is 12.5. The van der Waals surface area contributed by atoms with E-state index in [0.717, 1.165) is 5.56 Å². The van der Waals surface area contributed by atoms with Crippen molar-refractivity contribution in [2.45, 2.75) is 26.3 Å². The molecule has 0 aliphatic carbocycles. The molecule has 3 amide bonds. The Balaban J connectivity index is 1.41. The van der Waals surface area contributed by atoms with Crippen molar-refractivity contribution in [3.8, 4) is 11.5 Å². The van der Waals surface area contributed by atoms with Crippen molar-refractivity contribution in [2.24, 2.45) is 0 Å². The fraction of sp³-hybridized carbons (Fsp3) is 0.233. The van der Waals surface area contributed by atoms with Gasteiger partial charge in [-0.05, 0) is 74.4 Å². The molecule has 0 spiro atoms. The van der Waals surface area contributed by atoms with Crippen LogP contribution in [0.2, 0.25) is 5.02 Å². The van der Waals surface area contributed by atoms with E-state index in [2.05, 4.69) is 5.32 Å². The average molecular weight is 548 g/mol. The second kappa shape index (κ2) is 12.0. The molecule has 0 fully saturated rings. The van der Waals surface area contributed by atoms with E-state index in [4.69, 9.17) is 16.3 Å². The molecule has 2 N–H and O–H groups in total. The summed E-state index contributed by atoms with van der Waals surface area (Å²) in [5, 5.41) is 13.0. The summed E-state index contributed by atoms with van der Waals surface area (Å²) in [4.78, 5) is 41.1. The van der Waals surface area contributed by atoms with Gasteiger partial charge < -0.3 is 25.0 Å². The maximum atomic E-state index is 13.0. The normalized spacial score (nSPS) is 15.1. The molecule has 0 saturated heterocycles. The number of carbonyl (C=O) groups is 3. The molecule has 1 unspecified atom stereocenters. The molecule has 0 bridgehead atoms. The van der Waals surface area contributed by atoms with Crippen LogP contribution in [0.5, 0.6) is 11.5 Å². The number of aryl methyl sites for hydroxylation is 1. The third kappa shape index (κ3) is 6.59. The summed E-state index contributed by atoms with van der Waals surface area (Å²) in [5.41, 5.74) is 2.62. The van der Waals surface area contributed by atoms with Crippen LogP contribution in [-0.2, 0) is 4.79 Å². The predicted octanol–water partition coefficient (Wildman–Crippen LogP) is 6.03. The van der Waals surface area contributed by atoms with Gasteiger partial charge in [-0.2, -0.15) is 0 Å². The molecule has 1 heterocycles. The molecule has 0 radical (unpaired) electrons. The molecule has 39 heavy (non-hydrogen) atoms. The fourth-order valence-electron chi connectivity index (χ4n) is 4.52. The van der Waals surface area contributed by atoms with Crippen LogP contribution in [0.1, 0.15) is 40.9 Å². The number of carboxylic acids is 1. The van der Waals surface area contributed by atoms with Crippen LogP contribution in [0, 0.1) is 6.92 Å². The van der Waals surface area contributed by atoms with Crippen molar-refractivity contribution in [1.29, 1.82) is 0 Å². The van der Waals surface area contributed by atoms with E-state index in [1.807, 2.05) is 31.2 Å². The van der Waals surface area contributed by atoms with E-state index in [1.165, 1.54) is 4.90 Å². The van der Waals surface area contributed by atoms with Gasteiger partial charge in [-0.1, -0.05) is 41.4 Å². The van der Waals surface area contributed by atoms with Crippen LogP contribution in [0.15, 0.2) is 84.1 Å². The Hall–Kier alpha value is -4.30. The number of aliphatic carboxylic acids is 1. The number of amides is 3. The van der Waals surface area contributed by atoms with Gasteiger partial charge in [-0.3, -0.25) is 4.79 Å². The molecule has 3 aromatic rings. The van der Waals surface area contributed by atoms with E-state index < -0.39 is 18.0 Å². The lowest BCUT2D eigenvalue weighted by atomic mass is 9.93. The molecule has 0 saturated carbocycles. The Labute approximate surface area is 232 Å². The number of hydrogen-bond acceptors (Lipinski definition) is 4. The molecule has 8 nitrogen and oxygen atoms in total. The van der Waals surface area contributed by atoms with Crippen molar-refractivity contribution in [3.05, 3.63) is 106 Å². The molecule has 3 aromatic carbocycles. The number of allylic oxidation sites excluding steroid dienone is 1. The highest BCUT2D eigenvalue weighted by Crippen LogP contribution is 2.34. The number of nitrogens with zero attached hydrogens (tertiary/aromatic N) is 2. The number of ether oxygens (including phenoxy) is 1. The predicted molar refractivity (Wildman–Crippen MR) is 149 cm³/mol. The fourth-order valence-corrected chi connectivity index (χ4v) is 4.72. The quantitative estimate of drug-likeness (QED) is 0.341. The smallest absolute Gasteiger partial charge is 0.335 e. The summed E-state index contributed by atoms with van der Waals surface area (Å²) < 4.78 is 5.84. The van der Waals surface area contributed by atoms with E-state index >= 15 is 0 Å². The minimum absolute atomic E-state index is 0.0780. The molecule has 0 aromatic heterocycles. The maximum Gasteiger partial charge on any atom is 0.335 e. The highest BCUT2D eigenvalue weighted by atomic mass is 35.5. The lowest BCUT2D eigenvalue weighted by Gasteiger charge is -2.37. The molecule has 1 atom stereocenters. The summed E-state index contributed by atoms with van der Waals surface area (Å²) in [6, 6.07) is 20.2. The third-order valence-electron chi connectivity index (χ3n) is 6.54. The van der Waals surface area contributed by atoms with Crippen molar-refractivity contribution < 1.29 is 24.2 Å². The number of urea groups is 1. The van der Waals surface area contributed by atoms with Crippen LogP contribution >= 0.6 is 11.6 Å². The number of halogens is 1. The van der Waals surface area contributed by atoms with E-state index in [-0.39, 0.29) is 23.7 Å². The first kappa shape index (κ1) is 27.7. The zero-order valence-electron chi connectivity index (χ0n) is 22.0. The van der Waals surface area contributed by atoms with Gasteiger partial charge >= 0.3 is 12.0 Å². The largest absolute Gasteiger partial charge is 0.478 e. The second-order valence-electron chi connectivity index (χ2n) is 9.44. The maximum absolute atomic E-state index is 13.0. The minimum atomic E-state index is -1.12. The average Bonchev–Trinajstić information content (AvgIpc) is 2.90. The number of carbonyl (C=O) groups excluding carboxylic acids is 2. The van der Waals surface area contributed by atoms with Crippen molar-refractivity contribution >= 4 is 29.5 Å². The lowest BCUT2D eigenvalue weighted by Crippen LogP contribution is -2.49. The van der Waals surface area contributed by atoms with E-state index in [9.17, 15) is 19.5 Å². The summed E-state index contributed by atoms with van der Waals surface area (Å²) in [6.07, 6.45) is 0.438. The van der Waals surface area contributed by atoms with Crippen LogP contribution in [0.25, 0.3) is 0 Å². The minimum Gasteiger partial charge on any atom is -0.478 e. The number of nitrogens with one attached hydrogen (secondary N) is 1. The second-order valence-corrected chi connectivity index (χ2v) is 9.88. The first-order chi connectivity index (χ1) is 18.6. The standard InChI is InChI=1S/C30H30ClN3O5/c1-19-8-12-24(13-9-19)39-25-14-10-21(11-15-25)28(35)33(3)16-5-17-34-27(22-6-4-7-23(31)18-22)26(29(36)37)20(2)32-30(34)38/h4,6-15,18,27H,5,16-17H2,1-3H3,(H,32,38)(H,36,37). The summed E-state index contributed by atoms with van der Waals surface area (Å²) in [7, 11) is 1.69. The Kier molecular flexibility index (Phi) is 8.56. The Morgan fingerprint density at radius 3 is 2.28 bits per heavy atom. The van der Waals surface area contributed by atoms with Crippen LogP contribution in [0.3, 0.4) is 0 Å². The zero-order valence-corrected chi connectivity index (χ0v) is 22.7. The van der Waals surface area contributed by atoms with Gasteiger partial charge in [0.1, 0.15) is 11.5 Å². The van der Waals surface area contributed by atoms with E-state index in [0.29, 0.717) is 40.6 Å². The van der Waals surface area contributed by atoms with Crippen molar-refractivity contribution in [3.63, 3.8) is 0 Å². The van der Waals surface area contributed by atoms with Gasteiger partial charge in [0.15, 0.2) is 0 Å². The SMILES string of the molecule is CC1=C(C(=O)O)C(c2cccc(Cl)c2)N(CCCN(C)C(=O)c2ccc(Oc3ccc(C)cc3)cc2)C(=O)N1. The summed E-state index contributed by atoms with van der Waals surface area (Å²) >= 11 is 6.17. The molecular weight excluding hydrogens is 518 g/mol. The Morgan fingerprint density at radius 1 is 1.03 bits per heavy atom. The van der Waals surface area contributed by atoms with Gasteiger partial charge in [0, 0.05) is 36.4 Å². The summed E-state index contributed by atoms with van der Waals surface area (Å²) in [5.74, 6) is 0.0439. The molecular formula is C30H30ClN3O5. The highest BCUT2D eigenvalue weighted by Gasteiger charge is 2.37. The van der Waals surface area contributed by atoms with Crippen LogP contribution in [0.4, 0.5) is 4.79 Å². The topological polar surface area (TPSA) is 99.2 Å². The monoisotopic (exact) mass is 547 g/mol. The number of benzene rings is 3. The number of carboxylic acid groups (broad SMARTS) is 1. The van der Waals surface area contributed by atoms with Crippen LogP contribution < -0.4 is 10.1 Å². The lowest BCUT2D eigenvalue weighted by molar-refractivity contribution is -0.133. The van der Waals surface area contributed by atoms with Gasteiger partial charge in [-0.25, -0.2) is 9.59 Å². The molecule has 202 valence electrons. The molecule has 4 rings (SSSR count). The Morgan fingerprint density at radius 2 is 1.67 bits per heavy atom. The van der Waals surface area contributed by atoms with Gasteiger partial charge in [0.2, 0.25) is 0 Å². The van der Waals surface area contributed by atoms with Crippen molar-refractivity contribution in [2.75, 3.05) is 20.1 Å². The third-order valence-corrected chi connectivity index (χ3v) is 6.77. The number of rotatable bonds is 9. The molecule has 1 aliphatic heterocycles. The van der Waals surface area contributed by atoms with Gasteiger partial charge in [0.05, 0.1) is 11.6 Å². The number of hydrogen-bond donors (Lipinski definition) is 2.